The van der Waals surface area contributed by atoms with Gasteiger partial charge in [-0.25, -0.2) is 8.42 Å². The minimum absolute atomic E-state index is 0.306. The molecule has 0 spiro atoms. The molecule has 0 N–H and O–H groups in total. The molecule has 2 aliphatic rings. The van der Waals surface area contributed by atoms with Crippen molar-refractivity contribution in [3.63, 3.8) is 0 Å². The molecule has 2 aliphatic heterocycles. The van der Waals surface area contributed by atoms with Gasteiger partial charge in [0.15, 0.2) is 0 Å². The Hall–Kier alpha value is -0.170. The van der Waals surface area contributed by atoms with Crippen molar-refractivity contribution >= 4 is 33.5 Å². The van der Waals surface area contributed by atoms with Gasteiger partial charge in [-0.3, -0.25) is 0 Å². The standard InChI is InChI=1S/C17H25NO2S3/c1-13-5-7-15(8-6-13)23(19,20)18-10-9-14(2)17(18,3)16-21-11-4-12-22-16/h5-8,14,16H,4,9-12H2,1-3H3/t14-,17-/m1/s1. The lowest BCUT2D eigenvalue weighted by Gasteiger charge is -2.44. The molecule has 0 saturated carbocycles. The van der Waals surface area contributed by atoms with Crippen LogP contribution in [0.25, 0.3) is 0 Å². The van der Waals surface area contributed by atoms with E-state index in [0.717, 1.165) is 23.5 Å². The number of benzene rings is 1. The van der Waals surface area contributed by atoms with E-state index in [9.17, 15) is 8.42 Å². The van der Waals surface area contributed by atoms with E-state index in [-0.39, 0.29) is 5.54 Å². The topological polar surface area (TPSA) is 37.4 Å². The van der Waals surface area contributed by atoms with E-state index in [1.165, 1.54) is 6.42 Å². The molecule has 2 heterocycles. The summed E-state index contributed by atoms with van der Waals surface area (Å²) in [7, 11) is -3.44. The van der Waals surface area contributed by atoms with E-state index in [2.05, 4.69) is 13.8 Å². The van der Waals surface area contributed by atoms with Gasteiger partial charge in [0.25, 0.3) is 0 Å². The van der Waals surface area contributed by atoms with Gasteiger partial charge in [-0.15, -0.1) is 23.5 Å². The van der Waals surface area contributed by atoms with E-state index in [0.29, 0.717) is 21.9 Å². The second-order valence-corrected chi connectivity index (χ2v) is 11.3. The lowest BCUT2D eigenvalue weighted by Crippen LogP contribution is -2.54. The maximum absolute atomic E-state index is 13.3. The normalized spacial score (nSPS) is 30.7. The van der Waals surface area contributed by atoms with Crippen molar-refractivity contribution in [2.75, 3.05) is 18.1 Å². The van der Waals surface area contributed by atoms with Crippen LogP contribution in [0.2, 0.25) is 0 Å². The van der Waals surface area contributed by atoms with Crippen LogP contribution in [0.1, 0.15) is 32.3 Å². The second-order valence-electron chi connectivity index (χ2n) is 6.73. The number of hydrogen-bond acceptors (Lipinski definition) is 4. The zero-order valence-corrected chi connectivity index (χ0v) is 16.4. The smallest absolute Gasteiger partial charge is 0.207 e. The van der Waals surface area contributed by atoms with Gasteiger partial charge in [-0.1, -0.05) is 24.6 Å². The Balaban J connectivity index is 1.97. The Labute approximate surface area is 148 Å². The van der Waals surface area contributed by atoms with Gasteiger partial charge < -0.3 is 0 Å². The van der Waals surface area contributed by atoms with Crippen molar-refractivity contribution in [2.24, 2.45) is 5.92 Å². The molecule has 0 aliphatic carbocycles. The molecule has 2 saturated heterocycles. The monoisotopic (exact) mass is 371 g/mol. The summed E-state index contributed by atoms with van der Waals surface area (Å²) in [6.07, 6.45) is 2.17. The lowest BCUT2D eigenvalue weighted by molar-refractivity contribution is 0.238. The summed E-state index contributed by atoms with van der Waals surface area (Å²) in [4.78, 5) is 0.425. The van der Waals surface area contributed by atoms with E-state index >= 15 is 0 Å². The summed E-state index contributed by atoms with van der Waals surface area (Å²) in [5.74, 6) is 2.65. The van der Waals surface area contributed by atoms with Gasteiger partial charge in [0.05, 0.1) is 15.0 Å². The van der Waals surface area contributed by atoms with Gasteiger partial charge in [-0.05, 0) is 56.2 Å². The number of aryl methyl sites for hydroxylation is 1. The van der Waals surface area contributed by atoms with Crippen molar-refractivity contribution in [3.8, 4) is 0 Å². The van der Waals surface area contributed by atoms with Crippen molar-refractivity contribution in [2.45, 2.75) is 48.6 Å². The highest BCUT2D eigenvalue weighted by atomic mass is 32.2. The quantitative estimate of drug-likeness (QED) is 0.805. The molecule has 0 bridgehead atoms. The summed E-state index contributed by atoms with van der Waals surface area (Å²) in [5, 5.41) is 0. The molecular formula is C17H25NO2S3. The van der Waals surface area contributed by atoms with E-state index in [1.54, 1.807) is 16.4 Å². The van der Waals surface area contributed by atoms with E-state index < -0.39 is 10.0 Å². The fourth-order valence-corrected chi connectivity index (χ4v) is 9.09. The summed E-state index contributed by atoms with van der Waals surface area (Å²) in [5.41, 5.74) is 0.777. The molecule has 23 heavy (non-hydrogen) atoms. The molecule has 6 heteroatoms. The fraction of sp³-hybridized carbons (Fsp3) is 0.647. The number of rotatable bonds is 3. The molecule has 0 unspecified atom stereocenters. The van der Waals surface area contributed by atoms with Crippen LogP contribution in [-0.4, -0.2) is 40.9 Å². The Bertz CT molecular complexity index is 653. The number of hydrogen-bond donors (Lipinski definition) is 0. The van der Waals surface area contributed by atoms with Crippen molar-refractivity contribution < 1.29 is 8.42 Å². The highest BCUT2D eigenvalue weighted by molar-refractivity contribution is 8.17. The largest absolute Gasteiger partial charge is 0.243 e. The number of nitrogens with zero attached hydrogens (tertiary/aromatic N) is 1. The molecule has 2 atom stereocenters. The summed E-state index contributed by atoms with van der Waals surface area (Å²) >= 11 is 3.87. The number of sulfonamides is 1. The minimum atomic E-state index is -3.44. The molecule has 0 radical (unpaired) electrons. The van der Waals surface area contributed by atoms with Crippen molar-refractivity contribution in [3.05, 3.63) is 29.8 Å². The van der Waals surface area contributed by atoms with Gasteiger partial charge >= 0.3 is 0 Å². The van der Waals surface area contributed by atoms with Crippen LogP contribution in [0.3, 0.4) is 0 Å². The highest BCUT2D eigenvalue weighted by Crippen LogP contribution is 2.50. The van der Waals surface area contributed by atoms with Gasteiger partial charge in [0, 0.05) is 6.54 Å². The molecule has 0 amide bonds. The predicted octanol–water partition coefficient (Wildman–Crippen LogP) is 3.98. The maximum Gasteiger partial charge on any atom is 0.243 e. The molecule has 128 valence electrons. The Morgan fingerprint density at radius 2 is 1.78 bits per heavy atom. The predicted molar refractivity (Wildman–Crippen MR) is 101 cm³/mol. The molecular weight excluding hydrogens is 346 g/mol. The van der Waals surface area contributed by atoms with Crippen molar-refractivity contribution in [1.29, 1.82) is 0 Å². The first kappa shape index (κ1) is 17.6. The van der Waals surface area contributed by atoms with Crippen LogP contribution < -0.4 is 0 Å². The lowest BCUT2D eigenvalue weighted by atomic mass is 9.91. The Kier molecular flexibility index (Phi) is 5.08. The third-order valence-electron chi connectivity index (χ3n) is 5.21. The molecule has 1 aromatic rings. The molecule has 1 aromatic carbocycles. The van der Waals surface area contributed by atoms with Crippen LogP contribution in [0, 0.1) is 12.8 Å². The first-order valence-corrected chi connectivity index (χ1v) is 11.7. The van der Waals surface area contributed by atoms with Gasteiger partial charge in [-0.2, -0.15) is 4.31 Å². The van der Waals surface area contributed by atoms with Crippen LogP contribution in [0.5, 0.6) is 0 Å². The third kappa shape index (κ3) is 3.08. The molecule has 3 nitrogen and oxygen atoms in total. The second kappa shape index (κ2) is 6.62. The van der Waals surface area contributed by atoms with Crippen LogP contribution >= 0.6 is 23.5 Å². The minimum Gasteiger partial charge on any atom is -0.207 e. The third-order valence-corrected chi connectivity index (χ3v) is 10.7. The molecule has 3 rings (SSSR count). The van der Waals surface area contributed by atoms with Crippen LogP contribution in [0.4, 0.5) is 0 Å². The van der Waals surface area contributed by atoms with Gasteiger partial charge in [0.2, 0.25) is 10.0 Å². The Morgan fingerprint density at radius 1 is 1.17 bits per heavy atom. The maximum atomic E-state index is 13.3. The summed E-state index contributed by atoms with van der Waals surface area (Å²) < 4.78 is 28.6. The average molecular weight is 372 g/mol. The van der Waals surface area contributed by atoms with Crippen molar-refractivity contribution in [1.82, 2.24) is 4.31 Å². The van der Waals surface area contributed by atoms with Crippen LogP contribution in [-0.2, 0) is 10.0 Å². The van der Waals surface area contributed by atoms with Crippen LogP contribution in [0.15, 0.2) is 29.2 Å². The first-order valence-electron chi connectivity index (χ1n) is 8.19. The first-order chi connectivity index (χ1) is 10.9. The summed E-state index contributed by atoms with van der Waals surface area (Å²) in [6.45, 7) is 6.98. The van der Waals surface area contributed by atoms with E-state index in [1.807, 2.05) is 42.6 Å². The molecule has 0 aromatic heterocycles. The zero-order chi connectivity index (χ0) is 16.7. The van der Waals surface area contributed by atoms with E-state index in [4.69, 9.17) is 0 Å². The highest BCUT2D eigenvalue weighted by Gasteiger charge is 2.53. The number of thioether (sulfide) groups is 2. The summed E-state index contributed by atoms with van der Waals surface area (Å²) in [6, 6.07) is 7.26. The average Bonchev–Trinajstić information content (AvgIpc) is 2.86. The zero-order valence-electron chi connectivity index (χ0n) is 14.0. The Morgan fingerprint density at radius 3 is 2.39 bits per heavy atom. The fourth-order valence-electron chi connectivity index (χ4n) is 3.48. The molecule has 2 fully saturated rings. The van der Waals surface area contributed by atoms with Gasteiger partial charge in [0.1, 0.15) is 0 Å². The SMILES string of the molecule is Cc1ccc(S(=O)(=O)N2CC[C@@H](C)[C@]2(C)C2SCCCS2)cc1.